The minimum absolute atomic E-state index is 0. The van der Waals surface area contributed by atoms with Gasteiger partial charge in [-0.15, -0.1) is 6.58 Å². The van der Waals surface area contributed by atoms with E-state index in [0.29, 0.717) is 0 Å². The van der Waals surface area contributed by atoms with Gasteiger partial charge in [-0.25, -0.2) is 0 Å². The van der Waals surface area contributed by atoms with E-state index in [1.807, 2.05) is 6.08 Å². The van der Waals surface area contributed by atoms with Crippen LogP contribution < -0.4 is 5.32 Å². The Morgan fingerprint density at radius 1 is 1.56 bits per heavy atom. The molecule has 1 rings (SSSR count). The third-order valence-corrected chi connectivity index (χ3v) is 1.60. The van der Waals surface area contributed by atoms with Gasteiger partial charge in [0.1, 0.15) is 0 Å². The highest BCUT2D eigenvalue weighted by Gasteiger charge is 2.05. The predicted molar refractivity (Wildman–Crippen MR) is 41.6 cm³/mol. The highest BCUT2D eigenvalue weighted by atomic mass is 15.2. The Labute approximate surface area is 58.0 Å². The van der Waals surface area contributed by atoms with Gasteiger partial charge in [0.15, 0.2) is 0 Å². The summed E-state index contributed by atoms with van der Waals surface area (Å²) in [6, 6.07) is 0. The molecule has 0 radical (unpaired) electrons. The van der Waals surface area contributed by atoms with Crippen molar-refractivity contribution in [2.24, 2.45) is 0 Å². The van der Waals surface area contributed by atoms with Crippen LogP contribution >= 0.6 is 0 Å². The summed E-state index contributed by atoms with van der Waals surface area (Å²) in [5.74, 6) is 0. The fourth-order valence-electron chi connectivity index (χ4n) is 1.08. The first kappa shape index (κ1) is 6.78. The van der Waals surface area contributed by atoms with Crippen molar-refractivity contribution >= 4 is 0 Å². The summed E-state index contributed by atoms with van der Waals surface area (Å²) in [5, 5.41) is 3.30. The van der Waals surface area contributed by atoms with E-state index in [1.54, 1.807) is 0 Å². The maximum absolute atomic E-state index is 3.69. The molecule has 1 fully saturated rings. The first-order valence-corrected chi connectivity index (χ1v) is 3.47. The lowest BCUT2D eigenvalue weighted by Crippen LogP contribution is -2.43. The summed E-state index contributed by atoms with van der Waals surface area (Å²) in [6.07, 6.45) is 1.96. The van der Waals surface area contributed by atoms with E-state index in [9.17, 15) is 0 Å². The summed E-state index contributed by atoms with van der Waals surface area (Å²) in [7, 11) is 0. The van der Waals surface area contributed by atoms with Gasteiger partial charge in [0.05, 0.1) is 0 Å². The maximum atomic E-state index is 3.69. The Kier molecular flexibility index (Phi) is 2.74. The van der Waals surface area contributed by atoms with Crippen molar-refractivity contribution in [3.05, 3.63) is 12.7 Å². The molecule has 0 atom stereocenters. The normalized spacial score (nSPS) is 21.8. The van der Waals surface area contributed by atoms with Crippen LogP contribution in [0.4, 0.5) is 0 Å². The third kappa shape index (κ3) is 2.16. The zero-order valence-electron chi connectivity index (χ0n) is 5.77. The van der Waals surface area contributed by atoms with Crippen molar-refractivity contribution in [1.29, 1.82) is 0 Å². The topological polar surface area (TPSA) is 15.3 Å². The molecular formula is C7H16N2. The lowest BCUT2D eigenvalue weighted by Gasteiger charge is -2.25. The van der Waals surface area contributed by atoms with Crippen molar-refractivity contribution < 1.29 is 1.43 Å². The lowest BCUT2D eigenvalue weighted by molar-refractivity contribution is 0.265. The molecule has 0 bridgehead atoms. The molecule has 0 spiro atoms. The summed E-state index contributed by atoms with van der Waals surface area (Å²) in [5.41, 5.74) is 0. The highest BCUT2D eigenvalue weighted by Crippen LogP contribution is 1.89. The van der Waals surface area contributed by atoms with E-state index in [-0.39, 0.29) is 1.43 Å². The molecule has 0 aromatic rings. The Balaban J connectivity index is 0.000000810. The second-order valence-electron chi connectivity index (χ2n) is 2.34. The number of nitrogens with one attached hydrogen (secondary N) is 1. The lowest BCUT2D eigenvalue weighted by atomic mass is 10.3. The number of hydrogen-bond donors (Lipinski definition) is 1. The zero-order chi connectivity index (χ0) is 6.53. The molecule has 0 aromatic carbocycles. The molecule has 0 aliphatic carbocycles. The molecule has 2 heteroatoms. The Bertz CT molecular complexity index is 89.6. The molecule has 0 amide bonds. The Hall–Kier alpha value is -0.340. The van der Waals surface area contributed by atoms with E-state index in [1.165, 1.54) is 13.1 Å². The SMILES string of the molecule is C=CCN1CCNCC1.[HH]. The van der Waals surface area contributed by atoms with Gasteiger partial charge in [-0.3, -0.25) is 4.90 Å². The van der Waals surface area contributed by atoms with Crippen LogP contribution in [0.1, 0.15) is 1.43 Å². The third-order valence-electron chi connectivity index (χ3n) is 1.60. The maximum Gasteiger partial charge on any atom is 0.0161 e. The number of nitrogens with zero attached hydrogens (tertiary/aromatic N) is 1. The van der Waals surface area contributed by atoms with Crippen LogP contribution in [0.5, 0.6) is 0 Å². The van der Waals surface area contributed by atoms with E-state index in [2.05, 4.69) is 16.8 Å². The molecule has 1 aliphatic heterocycles. The van der Waals surface area contributed by atoms with E-state index in [4.69, 9.17) is 0 Å². The number of rotatable bonds is 2. The quantitative estimate of drug-likeness (QED) is 0.539. The second kappa shape index (κ2) is 3.64. The van der Waals surface area contributed by atoms with Gasteiger partial charge in [-0.2, -0.15) is 0 Å². The molecule has 9 heavy (non-hydrogen) atoms. The monoisotopic (exact) mass is 128 g/mol. The highest BCUT2D eigenvalue weighted by molar-refractivity contribution is 4.76. The molecule has 0 saturated carbocycles. The van der Waals surface area contributed by atoms with Gasteiger partial charge in [0.25, 0.3) is 0 Å². The van der Waals surface area contributed by atoms with Crippen LogP contribution in [0.2, 0.25) is 0 Å². The molecule has 1 N–H and O–H groups in total. The standard InChI is InChI=1S/C7H14N2.H2/c1-2-5-9-6-3-8-4-7-9;/h2,8H,1,3-7H2;1H. The van der Waals surface area contributed by atoms with Crippen LogP contribution in [-0.2, 0) is 0 Å². The van der Waals surface area contributed by atoms with Gasteiger partial charge < -0.3 is 5.32 Å². The van der Waals surface area contributed by atoms with E-state index >= 15 is 0 Å². The minimum Gasteiger partial charge on any atom is -0.314 e. The van der Waals surface area contributed by atoms with Crippen LogP contribution in [0.3, 0.4) is 0 Å². The van der Waals surface area contributed by atoms with Crippen LogP contribution in [0, 0.1) is 0 Å². The largest absolute Gasteiger partial charge is 0.314 e. The van der Waals surface area contributed by atoms with E-state index < -0.39 is 0 Å². The molecule has 1 saturated heterocycles. The summed E-state index contributed by atoms with van der Waals surface area (Å²) >= 11 is 0. The smallest absolute Gasteiger partial charge is 0.0161 e. The number of hydrogen-bond acceptors (Lipinski definition) is 2. The minimum atomic E-state index is 0. The van der Waals surface area contributed by atoms with Crippen molar-refractivity contribution in [3.63, 3.8) is 0 Å². The summed E-state index contributed by atoms with van der Waals surface area (Å²) in [6.45, 7) is 9.35. The van der Waals surface area contributed by atoms with Gasteiger partial charge in [0, 0.05) is 34.2 Å². The molecule has 1 heterocycles. The van der Waals surface area contributed by atoms with Crippen molar-refractivity contribution in [2.45, 2.75) is 0 Å². The zero-order valence-corrected chi connectivity index (χ0v) is 5.77. The average molecular weight is 128 g/mol. The summed E-state index contributed by atoms with van der Waals surface area (Å²) in [4.78, 5) is 2.39. The molecule has 0 unspecified atom stereocenters. The van der Waals surface area contributed by atoms with E-state index in [0.717, 1.165) is 19.6 Å². The fourth-order valence-corrected chi connectivity index (χ4v) is 1.08. The van der Waals surface area contributed by atoms with Gasteiger partial charge >= 0.3 is 0 Å². The van der Waals surface area contributed by atoms with Gasteiger partial charge in [-0.05, 0) is 0 Å². The van der Waals surface area contributed by atoms with Crippen molar-refractivity contribution in [2.75, 3.05) is 32.7 Å². The van der Waals surface area contributed by atoms with Crippen LogP contribution in [0.25, 0.3) is 0 Å². The number of piperazine rings is 1. The molecular weight excluding hydrogens is 112 g/mol. The Morgan fingerprint density at radius 3 is 2.78 bits per heavy atom. The summed E-state index contributed by atoms with van der Waals surface area (Å²) < 4.78 is 0. The van der Waals surface area contributed by atoms with Crippen molar-refractivity contribution in [1.82, 2.24) is 10.2 Å². The van der Waals surface area contributed by atoms with Crippen LogP contribution in [-0.4, -0.2) is 37.6 Å². The first-order chi connectivity index (χ1) is 4.43. The van der Waals surface area contributed by atoms with Crippen molar-refractivity contribution in [3.8, 4) is 0 Å². The second-order valence-corrected chi connectivity index (χ2v) is 2.34. The average Bonchev–Trinajstić information content (AvgIpc) is 1.91. The van der Waals surface area contributed by atoms with Crippen LogP contribution in [0.15, 0.2) is 12.7 Å². The molecule has 1 aliphatic rings. The van der Waals surface area contributed by atoms with Gasteiger partial charge in [-0.1, -0.05) is 6.08 Å². The van der Waals surface area contributed by atoms with Gasteiger partial charge in [0.2, 0.25) is 0 Å². The molecule has 2 nitrogen and oxygen atoms in total. The first-order valence-electron chi connectivity index (χ1n) is 3.47. The predicted octanol–water partition coefficient (Wildman–Crippen LogP) is 0.324. The molecule has 54 valence electrons. The fraction of sp³-hybridized carbons (Fsp3) is 0.714. The molecule has 0 aromatic heterocycles. The Morgan fingerprint density at radius 2 is 2.22 bits per heavy atom.